The number of amides is 1. The third-order valence-corrected chi connectivity index (χ3v) is 4.37. The van der Waals surface area contributed by atoms with Gasteiger partial charge in [-0.3, -0.25) is 4.79 Å². The average Bonchev–Trinajstić information content (AvgIpc) is 3.18. The van der Waals surface area contributed by atoms with Crippen molar-refractivity contribution in [3.05, 3.63) is 64.4 Å². The molecule has 2 heterocycles. The van der Waals surface area contributed by atoms with Gasteiger partial charge in [-0.05, 0) is 37.6 Å². The van der Waals surface area contributed by atoms with E-state index in [4.69, 9.17) is 0 Å². The standard InChI is InChI=1S/C16H16N4OS/c1-11(19-16(21)15-12(2)17-10-22-15)13-5-3-6-14(9-13)20-8-4-7-18-20/h3-11H,1-2H3,(H,19,21). The van der Waals surface area contributed by atoms with Crippen molar-refractivity contribution in [2.45, 2.75) is 19.9 Å². The first-order valence-electron chi connectivity index (χ1n) is 6.96. The van der Waals surface area contributed by atoms with E-state index in [-0.39, 0.29) is 11.9 Å². The van der Waals surface area contributed by atoms with Crippen LogP contribution in [0, 0.1) is 6.92 Å². The summed E-state index contributed by atoms with van der Waals surface area (Å²) in [5.74, 6) is -0.0861. The Morgan fingerprint density at radius 3 is 2.91 bits per heavy atom. The topological polar surface area (TPSA) is 59.8 Å². The SMILES string of the molecule is Cc1ncsc1C(=O)NC(C)c1cccc(-n2cccn2)c1. The van der Waals surface area contributed by atoms with Crippen molar-refractivity contribution in [2.24, 2.45) is 0 Å². The highest BCUT2D eigenvalue weighted by atomic mass is 32.1. The first kappa shape index (κ1) is 14.5. The van der Waals surface area contributed by atoms with Crippen LogP contribution in [0.15, 0.2) is 48.2 Å². The zero-order valence-corrected chi connectivity index (χ0v) is 13.2. The summed E-state index contributed by atoms with van der Waals surface area (Å²) in [5.41, 5.74) is 4.45. The molecule has 0 radical (unpaired) electrons. The summed E-state index contributed by atoms with van der Waals surface area (Å²) in [6.45, 7) is 3.81. The number of thiazole rings is 1. The van der Waals surface area contributed by atoms with Gasteiger partial charge < -0.3 is 5.32 Å². The van der Waals surface area contributed by atoms with Crippen LogP contribution in [0.4, 0.5) is 0 Å². The van der Waals surface area contributed by atoms with E-state index in [0.717, 1.165) is 16.9 Å². The van der Waals surface area contributed by atoms with Crippen LogP contribution in [-0.2, 0) is 0 Å². The van der Waals surface area contributed by atoms with Crippen molar-refractivity contribution in [3.8, 4) is 5.69 Å². The molecule has 0 saturated heterocycles. The minimum Gasteiger partial charge on any atom is -0.345 e. The molecule has 3 aromatic rings. The molecule has 0 aliphatic rings. The molecule has 1 amide bonds. The second-order valence-electron chi connectivity index (χ2n) is 5.01. The summed E-state index contributed by atoms with van der Waals surface area (Å²) in [6, 6.07) is 9.76. The maximum absolute atomic E-state index is 12.3. The molecule has 22 heavy (non-hydrogen) atoms. The molecule has 2 aromatic heterocycles. The summed E-state index contributed by atoms with van der Waals surface area (Å²) in [6.07, 6.45) is 3.63. The molecule has 0 aliphatic heterocycles. The second-order valence-corrected chi connectivity index (χ2v) is 5.86. The Balaban J connectivity index is 1.78. The largest absolute Gasteiger partial charge is 0.345 e. The Morgan fingerprint density at radius 2 is 2.23 bits per heavy atom. The van der Waals surface area contributed by atoms with Gasteiger partial charge in [-0.15, -0.1) is 11.3 Å². The van der Waals surface area contributed by atoms with Crippen LogP contribution in [0.5, 0.6) is 0 Å². The zero-order chi connectivity index (χ0) is 15.5. The van der Waals surface area contributed by atoms with Crippen LogP contribution < -0.4 is 5.32 Å². The normalized spacial score (nSPS) is 12.1. The number of hydrogen-bond acceptors (Lipinski definition) is 4. The number of nitrogens with zero attached hydrogens (tertiary/aromatic N) is 3. The van der Waals surface area contributed by atoms with E-state index in [9.17, 15) is 4.79 Å². The monoisotopic (exact) mass is 312 g/mol. The predicted molar refractivity (Wildman–Crippen MR) is 86.3 cm³/mol. The summed E-state index contributed by atoms with van der Waals surface area (Å²) in [5, 5.41) is 7.24. The third-order valence-electron chi connectivity index (χ3n) is 3.44. The van der Waals surface area contributed by atoms with Gasteiger partial charge in [0.05, 0.1) is 22.9 Å². The van der Waals surface area contributed by atoms with E-state index in [2.05, 4.69) is 15.4 Å². The number of carbonyl (C=O) groups excluding carboxylic acids is 1. The molecule has 0 fully saturated rings. The molecule has 112 valence electrons. The van der Waals surface area contributed by atoms with Gasteiger partial charge in [0, 0.05) is 12.4 Å². The number of benzene rings is 1. The fourth-order valence-corrected chi connectivity index (χ4v) is 2.93. The van der Waals surface area contributed by atoms with Crippen LogP contribution >= 0.6 is 11.3 Å². The van der Waals surface area contributed by atoms with Gasteiger partial charge in [0.1, 0.15) is 4.88 Å². The quantitative estimate of drug-likeness (QED) is 0.805. The lowest BCUT2D eigenvalue weighted by molar-refractivity contribution is 0.0943. The summed E-state index contributed by atoms with van der Waals surface area (Å²) >= 11 is 1.36. The molecule has 5 nitrogen and oxygen atoms in total. The van der Waals surface area contributed by atoms with E-state index in [1.165, 1.54) is 11.3 Å². The Hall–Kier alpha value is -2.47. The van der Waals surface area contributed by atoms with Gasteiger partial charge in [-0.2, -0.15) is 5.10 Å². The predicted octanol–water partition coefficient (Wildman–Crippen LogP) is 3.13. The molecule has 0 spiro atoms. The zero-order valence-electron chi connectivity index (χ0n) is 12.4. The van der Waals surface area contributed by atoms with Crippen molar-refractivity contribution < 1.29 is 4.79 Å². The minimum absolute atomic E-state index is 0.0861. The van der Waals surface area contributed by atoms with Gasteiger partial charge in [0.25, 0.3) is 5.91 Å². The Bertz CT molecular complexity index is 779. The van der Waals surface area contributed by atoms with Crippen LogP contribution in [0.2, 0.25) is 0 Å². The van der Waals surface area contributed by atoms with Gasteiger partial charge in [-0.1, -0.05) is 12.1 Å². The van der Waals surface area contributed by atoms with E-state index < -0.39 is 0 Å². The number of hydrogen-bond donors (Lipinski definition) is 1. The highest BCUT2D eigenvalue weighted by Crippen LogP contribution is 2.18. The number of aromatic nitrogens is 3. The fraction of sp³-hybridized carbons (Fsp3) is 0.188. The third kappa shape index (κ3) is 2.92. The summed E-state index contributed by atoms with van der Waals surface area (Å²) in [4.78, 5) is 17.0. The van der Waals surface area contributed by atoms with Crippen molar-refractivity contribution >= 4 is 17.2 Å². The van der Waals surface area contributed by atoms with E-state index in [1.807, 2.05) is 50.4 Å². The highest BCUT2D eigenvalue weighted by Gasteiger charge is 2.15. The van der Waals surface area contributed by atoms with Gasteiger partial charge in [0.2, 0.25) is 0 Å². The maximum Gasteiger partial charge on any atom is 0.263 e. The average molecular weight is 312 g/mol. The molecule has 1 atom stereocenters. The smallest absolute Gasteiger partial charge is 0.263 e. The molecule has 0 saturated carbocycles. The van der Waals surface area contributed by atoms with E-state index in [1.54, 1.807) is 16.4 Å². The highest BCUT2D eigenvalue weighted by molar-refractivity contribution is 7.11. The van der Waals surface area contributed by atoms with Crippen molar-refractivity contribution in [3.63, 3.8) is 0 Å². The van der Waals surface area contributed by atoms with Crippen molar-refractivity contribution in [1.82, 2.24) is 20.1 Å². The van der Waals surface area contributed by atoms with Crippen LogP contribution in [0.3, 0.4) is 0 Å². The van der Waals surface area contributed by atoms with E-state index >= 15 is 0 Å². The number of rotatable bonds is 4. The summed E-state index contributed by atoms with van der Waals surface area (Å²) < 4.78 is 1.80. The number of aryl methyl sites for hydroxylation is 1. The molecule has 3 rings (SSSR count). The van der Waals surface area contributed by atoms with Gasteiger partial charge in [-0.25, -0.2) is 9.67 Å². The second kappa shape index (κ2) is 6.11. The lowest BCUT2D eigenvalue weighted by Gasteiger charge is -2.15. The molecule has 0 aliphatic carbocycles. The van der Waals surface area contributed by atoms with E-state index in [0.29, 0.717) is 4.88 Å². The van der Waals surface area contributed by atoms with Crippen molar-refractivity contribution in [1.29, 1.82) is 0 Å². The molecule has 1 unspecified atom stereocenters. The van der Waals surface area contributed by atoms with Crippen LogP contribution in [0.1, 0.15) is 33.9 Å². The Labute approximate surface area is 132 Å². The van der Waals surface area contributed by atoms with Crippen molar-refractivity contribution in [2.75, 3.05) is 0 Å². The number of nitrogens with one attached hydrogen (secondary N) is 1. The number of carbonyl (C=O) groups is 1. The molecule has 6 heteroatoms. The van der Waals surface area contributed by atoms with Gasteiger partial charge in [0.15, 0.2) is 0 Å². The Kier molecular flexibility index (Phi) is 4.02. The molecule has 1 N–H and O–H groups in total. The first-order valence-corrected chi connectivity index (χ1v) is 7.84. The maximum atomic E-state index is 12.3. The molecular weight excluding hydrogens is 296 g/mol. The lowest BCUT2D eigenvalue weighted by Crippen LogP contribution is -2.26. The summed E-state index contributed by atoms with van der Waals surface area (Å²) in [7, 11) is 0. The first-order chi connectivity index (χ1) is 10.6. The Morgan fingerprint density at radius 1 is 1.36 bits per heavy atom. The van der Waals surface area contributed by atoms with Crippen LogP contribution in [-0.4, -0.2) is 20.7 Å². The lowest BCUT2D eigenvalue weighted by atomic mass is 10.1. The van der Waals surface area contributed by atoms with Gasteiger partial charge >= 0.3 is 0 Å². The fourth-order valence-electron chi connectivity index (χ4n) is 2.22. The molecule has 1 aromatic carbocycles. The molecule has 0 bridgehead atoms. The molecular formula is C16H16N4OS. The minimum atomic E-state index is -0.0930. The van der Waals surface area contributed by atoms with Crippen LogP contribution in [0.25, 0.3) is 5.69 Å².